The molecule has 24 heavy (non-hydrogen) atoms. The van der Waals surface area contributed by atoms with Crippen molar-refractivity contribution in [2.24, 2.45) is 0 Å². The summed E-state index contributed by atoms with van der Waals surface area (Å²) in [5.41, 5.74) is 1.96. The van der Waals surface area contributed by atoms with E-state index in [4.69, 9.17) is 9.94 Å². The van der Waals surface area contributed by atoms with Gasteiger partial charge in [0.15, 0.2) is 0 Å². The third-order valence-corrected chi connectivity index (χ3v) is 4.12. The molecule has 0 amide bonds. The van der Waals surface area contributed by atoms with Gasteiger partial charge in [-0.3, -0.25) is 4.79 Å². The molecule has 0 rings (SSSR count). The highest BCUT2D eigenvalue weighted by Gasteiger charge is 2.01. The van der Waals surface area contributed by atoms with E-state index in [-0.39, 0.29) is 19.1 Å². The van der Waals surface area contributed by atoms with E-state index in [1.165, 1.54) is 70.6 Å². The number of carbonyl (C=O) groups excluding carboxylic acids is 1. The molecule has 0 radical (unpaired) electrons. The lowest BCUT2D eigenvalue weighted by Gasteiger charge is -2.03. The normalized spacial score (nSPS) is 11.2. The lowest BCUT2D eigenvalue weighted by atomic mass is 10.1. The largest absolute Gasteiger partial charge is 0.464 e. The van der Waals surface area contributed by atoms with Crippen LogP contribution in [0.3, 0.4) is 0 Å². The standard InChI is InChI=1S/C20H39NO3/c1-2-3-4-5-6-7-8-9-10-11-12-13-14-15-16-17-20(22)24-19-18-21-23/h9-10,21,23H,2-8,11-19H2,1H3/b10-9-. The van der Waals surface area contributed by atoms with Crippen LogP contribution in [0.4, 0.5) is 0 Å². The molecule has 4 nitrogen and oxygen atoms in total. The van der Waals surface area contributed by atoms with E-state index < -0.39 is 0 Å². The molecule has 0 spiro atoms. The molecule has 0 bridgehead atoms. The van der Waals surface area contributed by atoms with E-state index in [1.54, 1.807) is 0 Å². The molecule has 0 aromatic heterocycles. The highest BCUT2D eigenvalue weighted by Crippen LogP contribution is 2.10. The van der Waals surface area contributed by atoms with Crippen molar-refractivity contribution in [3.05, 3.63) is 12.2 Å². The van der Waals surface area contributed by atoms with Crippen LogP contribution in [0.5, 0.6) is 0 Å². The second-order valence-corrected chi connectivity index (χ2v) is 6.46. The molecule has 0 fully saturated rings. The van der Waals surface area contributed by atoms with Gasteiger partial charge < -0.3 is 9.94 Å². The Morgan fingerprint density at radius 1 is 0.875 bits per heavy atom. The van der Waals surface area contributed by atoms with Gasteiger partial charge in [-0.05, 0) is 32.1 Å². The first-order valence-electron chi connectivity index (χ1n) is 9.98. The fraction of sp³-hybridized carbons (Fsp3) is 0.850. The molecule has 0 aliphatic rings. The van der Waals surface area contributed by atoms with E-state index in [1.807, 2.05) is 5.48 Å². The Morgan fingerprint density at radius 2 is 1.42 bits per heavy atom. The maximum absolute atomic E-state index is 11.3. The molecule has 4 heteroatoms. The van der Waals surface area contributed by atoms with Crippen molar-refractivity contribution in [2.75, 3.05) is 13.2 Å². The molecule has 0 saturated heterocycles. The molecule has 0 aromatic rings. The van der Waals surface area contributed by atoms with E-state index in [0.717, 1.165) is 12.8 Å². The topological polar surface area (TPSA) is 58.6 Å². The zero-order valence-corrected chi connectivity index (χ0v) is 15.7. The minimum Gasteiger partial charge on any atom is -0.464 e. The quantitative estimate of drug-likeness (QED) is 0.149. The van der Waals surface area contributed by atoms with Crippen molar-refractivity contribution in [3.63, 3.8) is 0 Å². The van der Waals surface area contributed by atoms with Gasteiger partial charge in [-0.15, -0.1) is 0 Å². The number of unbranched alkanes of at least 4 members (excludes halogenated alkanes) is 11. The van der Waals surface area contributed by atoms with Crippen molar-refractivity contribution in [1.29, 1.82) is 0 Å². The van der Waals surface area contributed by atoms with Crippen LogP contribution >= 0.6 is 0 Å². The van der Waals surface area contributed by atoms with Gasteiger partial charge in [0, 0.05) is 6.42 Å². The number of nitrogens with one attached hydrogen (secondary N) is 1. The Bertz CT molecular complexity index is 293. The van der Waals surface area contributed by atoms with Crippen molar-refractivity contribution in [1.82, 2.24) is 5.48 Å². The fourth-order valence-corrected chi connectivity index (χ4v) is 2.62. The maximum Gasteiger partial charge on any atom is 0.305 e. The number of ether oxygens (including phenoxy) is 1. The summed E-state index contributed by atoms with van der Waals surface area (Å²) in [6.07, 6.45) is 21.5. The predicted molar refractivity (Wildman–Crippen MR) is 100 cm³/mol. The number of carbonyl (C=O) groups is 1. The Labute approximate surface area is 149 Å². The number of rotatable bonds is 18. The second-order valence-electron chi connectivity index (χ2n) is 6.46. The van der Waals surface area contributed by atoms with Gasteiger partial charge in [-0.25, -0.2) is 5.48 Å². The van der Waals surface area contributed by atoms with Crippen LogP contribution in [0.1, 0.15) is 96.8 Å². The van der Waals surface area contributed by atoms with Gasteiger partial charge in [-0.1, -0.05) is 70.4 Å². The molecule has 0 heterocycles. The predicted octanol–water partition coefficient (Wildman–Crippen LogP) is 5.55. The zero-order valence-electron chi connectivity index (χ0n) is 15.7. The van der Waals surface area contributed by atoms with Crippen molar-refractivity contribution in [2.45, 2.75) is 96.8 Å². The number of hydrogen-bond donors (Lipinski definition) is 2. The molecule has 142 valence electrons. The van der Waals surface area contributed by atoms with E-state index in [2.05, 4.69) is 19.1 Å². The second kappa shape index (κ2) is 20.2. The summed E-state index contributed by atoms with van der Waals surface area (Å²) in [6.45, 7) is 2.79. The van der Waals surface area contributed by atoms with Gasteiger partial charge in [0.1, 0.15) is 6.61 Å². The van der Waals surface area contributed by atoms with Gasteiger partial charge >= 0.3 is 5.97 Å². The van der Waals surface area contributed by atoms with Crippen molar-refractivity contribution < 1.29 is 14.7 Å². The molecule has 0 atom stereocenters. The summed E-state index contributed by atoms with van der Waals surface area (Å²) in [7, 11) is 0. The van der Waals surface area contributed by atoms with E-state index in [0.29, 0.717) is 6.42 Å². The molecule has 0 saturated carbocycles. The number of allylic oxidation sites excluding steroid dienone is 2. The minimum absolute atomic E-state index is 0.164. The van der Waals surface area contributed by atoms with Crippen LogP contribution in [0.15, 0.2) is 12.2 Å². The number of esters is 1. The summed E-state index contributed by atoms with van der Waals surface area (Å²) in [5, 5.41) is 8.35. The lowest BCUT2D eigenvalue weighted by molar-refractivity contribution is -0.144. The first-order chi connectivity index (χ1) is 11.8. The summed E-state index contributed by atoms with van der Waals surface area (Å²) >= 11 is 0. The Hall–Kier alpha value is -0.870. The third-order valence-electron chi connectivity index (χ3n) is 4.12. The highest BCUT2D eigenvalue weighted by atomic mass is 16.5. The van der Waals surface area contributed by atoms with Gasteiger partial charge in [0.2, 0.25) is 0 Å². The number of hydrogen-bond acceptors (Lipinski definition) is 4. The van der Waals surface area contributed by atoms with Crippen LogP contribution < -0.4 is 5.48 Å². The minimum atomic E-state index is -0.164. The average molecular weight is 342 g/mol. The third kappa shape index (κ3) is 19.2. The summed E-state index contributed by atoms with van der Waals surface area (Å²) < 4.78 is 4.93. The van der Waals surface area contributed by atoms with Gasteiger partial charge in [0.25, 0.3) is 0 Å². The van der Waals surface area contributed by atoms with Crippen LogP contribution in [0.25, 0.3) is 0 Å². The molecular formula is C20H39NO3. The first kappa shape index (κ1) is 23.1. The molecule has 0 aliphatic carbocycles. The molecule has 2 N–H and O–H groups in total. The fourth-order valence-electron chi connectivity index (χ4n) is 2.62. The molecular weight excluding hydrogens is 302 g/mol. The molecule has 0 unspecified atom stereocenters. The Kier molecular flexibility index (Phi) is 19.4. The zero-order chi connectivity index (χ0) is 17.7. The summed E-state index contributed by atoms with van der Waals surface area (Å²) in [5.74, 6) is -0.164. The van der Waals surface area contributed by atoms with Crippen LogP contribution in [0, 0.1) is 0 Å². The van der Waals surface area contributed by atoms with E-state index in [9.17, 15) is 4.79 Å². The van der Waals surface area contributed by atoms with E-state index >= 15 is 0 Å². The smallest absolute Gasteiger partial charge is 0.305 e. The maximum atomic E-state index is 11.3. The average Bonchev–Trinajstić information content (AvgIpc) is 2.58. The SMILES string of the molecule is CCCCCCCC/C=C\CCCCCCCC(=O)OCCNO. The Balaban J connectivity index is 3.16. The number of hydroxylamine groups is 1. The van der Waals surface area contributed by atoms with Gasteiger partial charge in [0.05, 0.1) is 6.54 Å². The van der Waals surface area contributed by atoms with Crippen molar-refractivity contribution >= 4 is 5.97 Å². The lowest BCUT2D eigenvalue weighted by Crippen LogP contribution is -2.17. The summed E-state index contributed by atoms with van der Waals surface area (Å²) in [4.78, 5) is 11.3. The molecule has 0 aromatic carbocycles. The monoisotopic (exact) mass is 341 g/mol. The van der Waals surface area contributed by atoms with Crippen LogP contribution in [-0.2, 0) is 9.53 Å². The van der Waals surface area contributed by atoms with Crippen molar-refractivity contribution in [3.8, 4) is 0 Å². The first-order valence-corrected chi connectivity index (χ1v) is 9.98. The van der Waals surface area contributed by atoms with Crippen LogP contribution in [0.2, 0.25) is 0 Å². The summed E-state index contributed by atoms with van der Waals surface area (Å²) in [6, 6.07) is 0. The van der Waals surface area contributed by atoms with Gasteiger partial charge in [-0.2, -0.15) is 0 Å². The van der Waals surface area contributed by atoms with Crippen LogP contribution in [-0.4, -0.2) is 24.3 Å². The Morgan fingerprint density at radius 3 is 2.00 bits per heavy atom. The molecule has 0 aliphatic heterocycles. The highest BCUT2D eigenvalue weighted by molar-refractivity contribution is 5.69.